The van der Waals surface area contributed by atoms with Gasteiger partial charge in [-0.2, -0.15) is 0 Å². The maximum atomic E-state index is 9.94. The van der Waals surface area contributed by atoms with Gasteiger partial charge in [0.1, 0.15) is 25.4 Å². The third-order valence-corrected chi connectivity index (χ3v) is 3.62. The number of benzene rings is 2. The molecule has 2 aromatic rings. The van der Waals surface area contributed by atoms with E-state index in [0.29, 0.717) is 23.0 Å². The molecule has 0 aliphatic rings. The molecular formula is C20H26O7. The number of hydrogen-bond acceptors (Lipinski definition) is 7. The Morgan fingerprint density at radius 2 is 1.00 bits per heavy atom. The number of para-hydroxylation sites is 4. The van der Waals surface area contributed by atoms with Crippen molar-refractivity contribution < 1.29 is 33.9 Å². The minimum atomic E-state index is -0.836. The van der Waals surface area contributed by atoms with Crippen LogP contribution in [0, 0.1) is 0 Å². The molecule has 0 aliphatic heterocycles. The van der Waals surface area contributed by atoms with Gasteiger partial charge in [0.2, 0.25) is 0 Å². The first kappa shape index (κ1) is 20.8. The molecule has 7 nitrogen and oxygen atoms in total. The Labute approximate surface area is 159 Å². The molecule has 0 amide bonds. The monoisotopic (exact) mass is 378 g/mol. The molecule has 2 atom stereocenters. The van der Waals surface area contributed by atoms with Crippen LogP contribution in [0.1, 0.15) is 0 Å². The Morgan fingerprint density at radius 3 is 1.37 bits per heavy atom. The molecule has 0 saturated heterocycles. The molecule has 7 heteroatoms. The zero-order valence-corrected chi connectivity index (χ0v) is 15.5. The van der Waals surface area contributed by atoms with Crippen molar-refractivity contribution in [3.05, 3.63) is 48.5 Å². The normalized spacial score (nSPS) is 12.9. The summed E-state index contributed by atoms with van der Waals surface area (Å²) in [6, 6.07) is 14.4. The number of aliphatic hydroxyl groups excluding tert-OH is 2. The lowest BCUT2D eigenvalue weighted by atomic mass is 10.3. The van der Waals surface area contributed by atoms with Crippen LogP contribution < -0.4 is 18.9 Å². The van der Waals surface area contributed by atoms with Crippen LogP contribution in [-0.4, -0.2) is 63.1 Å². The fraction of sp³-hybridized carbons (Fsp3) is 0.400. The van der Waals surface area contributed by atoms with E-state index in [1.807, 2.05) is 24.3 Å². The summed E-state index contributed by atoms with van der Waals surface area (Å²) in [5.74, 6) is 2.28. The van der Waals surface area contributed by atoms with E-state index in [1.165, 1.54) is 0 Å². The topological polar surface area (TPSA) is 86.6 Å². The first-order valence-electron chi connectivity index (χ1n) is 8.59. The fourth-order valence-electron chi connectivity index (χ4n) is 2.28. The van der Waals surface area contributed by atoms with E-state index in [1.54, 1.807) is 38.5 Å². The summed E-state index contributed by atoms with van der Waals surface area (Å²) in [5, 5.41) is 19.9. The van der Waals surface area contributed by atoms with Crippen molar-refractivity contribution in [2.75, 3.05) is 40.6 Å². The first-order valence-corrected chi connectivity index (χ1v) is 8.59. The van der Waals surface area contributed by atoms with E-state index < -0.39 is 12.2 Å². The van der Waals surface area contributed by atoms with E-state index >= 15 is 0 Å². The summed E-state index contributed by atoms with van der Waals surface area (Å²) in [6.07, 6.45) is -1.67. The maximum absolute atomic E-state index is 9.94. The lowest BCUT2D eigenvalue weighted by Gasteiger charge is -2.17. The molecule has 0 radical (unpaired) electrons. The SMILES string of the molecule is COc1ccccc1OC[C@H](O)COC[C@H](O)COc1ccccc1OC. The van der Waals surface area contributed by atoms with Crippen LogP contribution >= 0.6 is 0 Å². The smallest absolute Gasteiger partial charge is 0.161 e. The molecule has 0 heterocycles. The van der Waals surface area contributed by atoms with Gasteiger partial charge in [-0.05, 0) is 24.3 Å². The highest BCUT2D eigenvalue weighted by Crippen LogP contribution is 2.26. The molecular weight excluding hydrogens is 352 g/mol. The molecule has 0 fully saturated rings. The summed E-state index contributed by atoms with van der Waals surface area (Å²) in [5.41, 5.74) is 0. The summed E-state index contributed by atoms with van der Waals surface area (Å²) >= 11 is 0. The van der Waals surface area contributed by atoms with Crippen LogP contribution in [0.25, 0.3) is 0 Å². The van der Waals surface area contributed by atoms with Crippen molar-refractivity contribution in [1.29, 1.82) is 0 Å². The highest BCUT2D eigenvalue weighted by atomic mass is 16.5. The largest absolute Gasteiger partial charge is 0.493 e. The molecule has 2 rings (SSSR count). The van der Waals surface area contributed by atoms with Gasteiger partial charge in [-0.3, -0.25) is 0 Å². The quantitative estimate of drug-likeness (QED) is 0.583. The van der Waals surface area contributed by atoms with Crippen molar-refractivity contribution in [2.24, 2.45) is 0 Å². The van der Waals surface area contributed by atoms with E-state index in [-0.39, 0.29) is 26.4 Å². The van der Waals surface area contributed by atoms with Gasteiger partial charge in [0, 0.05) is 0 Å². The van der Waals surface area contributed by atoms with Gasteiger partial charge in [-0.15, -0.1) is 0 Å². The average Bonchev–Trinajstić information content (AvgIpc) is 2.71. The van der Waals surface area contributed by atoms with E-state index in [2.05, 4.69) is 0 Å². The number of hydrogen-bond donors (Lipinski definition) is 2. The standard InChI is InChI=1S/C20H26O7/c1-23-17-7-3-5-9-19(17)26-13-15(21)11-25-12-16(22)14-27-20-10-6-4-8-18(20)24-2/h3-10,15-16,21-22H,11-14H2,1-2H3/t15-,16+. The minimum Gasteiger partial charge on any atom is -0.493 e. The van der Waals surface area contributed by atoms with Gasteiger partial charge in [-0.25, -0.2) is 0 Å². The Morgan fingerprint density at radius 1 is 0.630 bits per heavy atom. The highest BCUT2D eigenvalue weighted by molar-refractivity contribution is 5.39. The summed E-state index contributed by atoms with van der Waals surface area (Å²) in [4.78, 5) is 0. The van der Waals surface area contributed by atoms with Crippen molar-refractivity contribution in [2.45, 2.75) is 12.2 Å². The van der Waals surface area contributed by atoms with Crippen molar-refractivity contribution in [1.82, 2.24) is 0 Å². The molecule has 27 heavy (non-hydrogen) atoms. The Bertz CT molecular complexity index is 619. The molecule has 2 N–H and O–H groups in total. The lowest BCUT2D eigenvalue weighted by Crippen LogP contribution is -2.28. The number of aliphatic hydroxyl groups is 2. The molecule has 0 saturated carbocycles. The zero-order chi connectivity index (χ0) is 19.5. The van der Waals surface area contributed by atoms with Crippen LogP contribution in [-0.2, 0) is 4.74 Å². The summed E-state index contributed by atoms with van der Waals surface area (Å²) < 4.78 is 26.7. The maximum Gasteiger partial charge on any atom is 0.161 e. The molecule has 0 unspecified atom stereocenters. The van der Waals surface area contributed by atoms with Crippen LogP contribution in [0.15, 0.2) is 48.5 Å². The number of rotatable bonds is 12. The van der Waals surface area contributed by atoms with Crippen LogP contribution in [0.4, 0.5) is 0 Å². The molecule has 0 spiro atoms. The Balaban J connectivity index is 1.65. The van der Waals surface area contributed by atoms with Crippen molar-refractivity contribution in [3.8, 4) is 23.0 Å². The van der Waals surface area contributed by atoms with E-state index in [0.717, 1.165) is 0 Å². The second kappa shape index (κ2) is 11.3. The second-order valence-corrected chi connectivity index (χ2v) is 5.77. The zero-order valence-electron chi connectivity index (χ0n) is 15.5. The fourth-order valence-corrected chi connectivity index (χ4v) is 2.28. The highest BCUT2D eigenvalue weighted by Gasteiger charge is 2.12. The third kappa shape index (κ3) is 6.97. The summed E-state index contributed by atoms with van der Waals surface area (Å²) in [6.45, 7) is 0.157. The van der Waals surface area contributed by atoms with Gasteiger partial charge in [0.15, 0.2) is 23.0 Å². The third-order valence-electron chi connectivity index (χ3n) is 3.62. The second-order valence-electron chi connectivity index (χ2n) is 5.77. The lowest BCUT2D eigenvalue weighted by molar-refractivity contribution is -0.0312. The van der Waals surface area contributed by atoms with Gasteiger partial charge >= 0.3 is 0 Å². The van der Waals surface area contributed by atoms with Gasteiger partial charge in [0.25, 0.3) is 0 Å². The van der Waals surface area contributed by atoms with E-state index in [9.17, 15) is 10.2 Å². The van der Waals surface area contributed by atoms with Crippen molar-refractivity contribution >= 4 is 0 Å². The Kier molecular flexibility index (Phi) is 8.70. The van der Waals surface area contributed by atoms with E-state index in [4.69, 9.17) is 23.7 Å². The molecule has 0 aromatic heterocycles. The molecule has 148 valence electrons. The van der Waals surface area contributed by atoms with Crippen molar-refractivity contribution in [3.63, 3.8) is 0 Å². The summed E-state index contributed by atoms with van der Waals surface area (Å²) in [7, 11) is 3.10. The molecule has 0 bridgehead atoms. The van der Waals surface area contributed by atoms with Crippen LogP contribution in [0.3, 0.4) is 0 Å². The Hall–Kier alpha value is -2.48. The molecule has 0 aliphatic carbocycles. The minimum absolute atomic E-state index is 0.0286. The van der Waals surface area contributed by atoms with Crippen LogP contribution in [0.5, 0.6) is 23.0 Å². The molecule has 2 aromatic carbocycles. The first-order chi connectivity index (χ1) is 13.1. The predicted molar refractivity (Wildman–Crippen MR) is 99.8 cm³/mol. The van der Waals surface area contributed by atoms with Gasteiger partial charge in [-0.1, -0.05) is 24.3 Å². The van der Waals surface area contributed by atoms with Gasteiger partial charge in [0.05, 0.1) is 27.4 Å². The number of methoxy groups -OCH3 is 2. The average molecular weight is 378 g/mol. The number of ether oxygens (including phenoxy) is 5. The van der Waals surface area contributed by atoms with Gasteiger partial charge < -0.3 is 33.9 Å². The predicted octanol–water partition coefficient (Wildman–Crippen LogP) is 1.90. The van der Waals surface area contributed by atoms with Crippen LogP contribution in [0.2, 0.25) is 0 Å².